The van der Waals surface area contributed by atoms with Crippen molar-refractivity contribution < 1.29 is 19.3 Å². The molecule has 0 aromatic rings. The Balaban J connectivity index is 1.86. The number of ether oxygens (including phenoxy) is 3. The standard InChI is InChI=1S/C12H20O4/c1-4-12(2)10(16-12)7-9-8(13)5-6-11(14-3)15-9/h4,8-11,13H,1,5-7H2,2-3H3/t8-,9+,10-,11?,12-/m0/s1. The molecule has 2 fully saturated rings. The van der Waals surface area contributed by atoms with Gasteiger partial charge in [-0.3, -0.25) is 0 Å². The van der Waals surface area contributed by atoms with Crippen molar-refractivity contribution in [3.05, 3.63) is 12.7 Å². The van der Waals surface area contributed by atoms with Crippen LogP contribution in [0.15, 0.2) is 12.7 Å². The predicted octanol–water partition coefficient (Wildman–Crippen LogP) is 1.23. The molecule has 2 heterocycles. The normalized spacial score (nSPS) is 47.7. The minimum atomic E-state index is -0.412. The Morgan fingerprint density at radius 2 is 2.31 bits per heavy atom. The maximum absolute atomic E-state index is 9.84. The van der Waals surface area contributed by atoms with Gasteiger partial charge in [0.1, 0.15) is 5.60 Å². The van der Waals surface area contributed by atoms with Crippen LogP contribution in [0.4, 0.5) is 0 Å². The smallest absolute Gasteiger partial charge is 0.157 e. The lowest BCUT2D eigenvalue weighted by Gasteiger charge is -2.32. The van der Waals surface area contributed by atoms with Crippen molar-refractivity contribution in [1.29, 1.82) is 0 Å². The van der Waals surface area contributed by atoms with Gasteiger partial charge in [0, 0.05) is 20.0 Å². The summed E-state index contributed by atoms with van der Waals surface area (Å²) in [5, 5.41) is 9.84. The van der Waals surface area contributed by atoms with E-state index in [0.29, 0.717) is 6.42 Å². The highest BCUT2D eigenvalue weighted by Gasteiger charge is 2.51. The van der Waals surface area contributed by atoms with E-state index in [2.05, 4.69) is 6.58 Å². The molecule has 5 atom stereocenters. The molecule has 0 aromatic heterocycles. The summed E-state index contributed by atoms with van der Waals surface area (Å²) in [5.74, 6) is 0. The second kappa shape index (κ2) is 4.45. The molecular weight excluding hydrogens is 208 g/mol. The van der Waals surface area contributed by atoms with Crippen LogP contribution in [0.1, 0.15) is 26.2 Å². The Kier molecular flexibility index (Phi) is 3.35. The van der Waals surface area contributed by atoms with E-state index in [1.54, 1.807) is 13.2 Å². The van der Waals surface area contributed by atoms with Gasteiger partial charge in [-0.05, 0) is 13.3 Å². The van der Waals surface area contributed by atoms with Crippen molar-refractivity contribution >= 4 is 0 Å². The number of aliphatic hydroxyl groups is 1. The van der Waals surface area contributed by atoms with Crippen LogP contribution in [0.3, 0.4) is 0 Å². The van der Waals surface area contributed by atoms with E-state index in [4.69, 9.17) is 14.2 Å². The highest BCUT2D eigenvalue weighted by Crippen LogP contribution is 2.41. The lowest BCUT2D eigenvalue weighted by Crippen LogP contribution is -2.40. The molecule has 4 heteroatoms. The fourth-order valence-electron chi connectivity index (χ4n) is 2.18. The molecule has 2 aliphatic heterocycles. The third-order valence-corrected chi connectivity index (χ3v) is 3.55. The monoisotopic (exact) mass is 228 g/mol. The van der Waals surface area contributed by atoms with Gasteiger partial charge >= 0.3 is 0 Å². The van der Waals surface area contributed by atoms with Crippen LogP contribution in [0.2, 0.25) is 0 Å². The van der Waals surface area contributed by atoms with Crippen LogP contribution >= 0.6 is 0 Å². The largest absolute Gasteiger partial charge is 0.390 e. The van der Waals surface area contributed by atoms with Gasteiger partial charge in [-0.2, -0.15) is 0 Å². The Labute approximate surface area is 96.2 Å². The second-order valence-electron chi connectivity index (χ2n) is 4.71. The van der Waals surface area contributed by atoms with E-state index in [1.807, 2.05) is 6.92 Å². The maximum atomic E-state index is 9.84. The van der Waals surface area contributed by atoms with Crippen molar-refractivity contribution in [1.82, 2.24) is 0 Å². The summed E-state index contributed by atoms with van der Waals surface area (Å²) in [4.78, 5) is 0. The van der Waals surface area contributed by atoms with Crippen LogP contribution < -0.4 is 0 Å². The third-order valence-electron chi connectivity index (χ3n) is 3.55. The first kappa shape index (κ1) is 12.0. The molecule has 4 nitrogen and oxygen atoms in total. The second-order valence-corrected chi connectivity index (χ2v) is 4.71. The summed E-state index contributed by atoms with van der Waals surface area (Å²) in [5.41, 5.74) is -0.233. The molecule has 1 unspecified atom stereocenters. The Hall–Kier alpha value is -0.420. The first-order valence-corrected chi connectivity index (χ1v) is 5.77. The average molecular weight is 228 g/mol. The lowest BCUT2D eigenvalue weighted by atomic mass is 9.96. The van der Waals surface area contributed by atoms with Crippen LogP contribution in [0.25, 0.3) is 0 Å². The van der Waals surface area contributed by atoms with Gasteiger partial charge in [0.2, 0.25) is 0 Å². The van der Waals surface area contributed by atoms with Crippen molar-refractivity contribution in [2.24, 2.45) is 0 Å². The summed E-state index contributed by atoms with van der Waals surface area (Å²) >= 11 is 0. The zero-order valence-electron chi connectivity index (χ0n) is 9.89. The van der Waals surface area contributed by atoms with Gasteiger partial charge < -0.3 is 19.3 Å². The molecule has 1 N–H and O–H groups in total. The van der Waals surface area contributed by atoms with Gasteiger partial charge in [-0.25, -0.2) is 0 Å². The average Bonchev–Trinajstić information content (AvgIpc) is 2.93. The van der Waals surface area contributed by atoms with E-state index in [-0.39, 0.29) is 24.1 Å². The predicted molar refractivity (Wildman–Crippen MR) is 59.0 cm³/mol. The zero-order valence-corrected chi connectivity index (χ0v) is 9.89. The van der Waals surface area contributed by atoms with Crippen LogP contribution in [-0.2, 0) is 14.2 Å². The van der Waals surface area contributed by atoms with Gasteiger partial charge in [0.25, 0.3) is 0 Å². The van der Waals surface area contributed by atoms with Gasteiger partial charge in [-0.15, -0.1) is 6.58 Å². The number of methoxy groups -OCH3 is 1. The molecule has 16 heavy (non-hydrogen) atoms. The zero-order chi connectivity index (χ0) is 11.8. The summed E-state index contributed by atoms with van der Waals surface area (Å²) in [7, 11) is 1.63. The van der Waals surface area contributed by atoms with Gasteiger partial charge in [0.15, 0.2) is 6.29 Å². The fourth-order valence-corrected chi connectivity index (χ4v) is 2.18. The van der Waals surface area contributed by atoms with Gasteiger partial charge in [-0.1, -0.05) is 6.08 Å². The lowest BCUT2D eigenvalue weighted by molar-refractivity contribution is -0.213. The minimum absolute atomic E-state index is 0.111. The molecular formula is C12H20O4. The molecule has 92 valence electrons. The number of hydrogen-bond acceptors (Lipinski definition) is 4. The van der Waals surface area contributed by atoms with Crippen LogP contribution in [0, 0.1) is 0 Å². The highest BCUT2D eigenvalue weighted by atomic mass is 16.7. The third kappa shape index (κ3) is 2.30. The molecule has 0 amide bonds. The van der Waals surface area contributed by atoms with Crippen molar-refractivity contribution in [3.63, 3.8) is 0 Å². The SMILES string of the molecule is C=C[C@]1(C)O[C@H]1C[C@H]1OC(OC)CC[C@@H]1O. The number of aliphatic hydroxyl groups excluding tert-OH is 1. The first-order valence-electron chi connectivity index (χ1n) is 5.77. The molecule has 0 aliphatic carbocycles. The molecule has 0 saturated carbocycles. The molecule has 0 bridgehead atoms. The van der Waals surface area contributed by atoms with E-state index < -0.39 is 6.10 Å². The Morgan fingerprint density at radius 1 is 1.56 bits per heavy atom. The van der Waals surface area contributed by atoms with Crippen LogP contribution in [0.5, 0.6) is 0 Å². The number of epoxide rings is 1. The van der Waals surface area contributed by atoms with E-state index >= 15 is 0 Å². The Morgan fingerprint density at radius 3 is 2.88 bits per heavy atom. The molecule has 2 rings (SSSR count). The molecule has 0 radical (unpaired) electrons. The van der Waals surface area contributed by atoms with Gasteiger partial charge in [0.05, 0.1) is 18.3 Å². The number of hydrogen-bond donors (Lipinski definition) is 1. The Bertz CT molecular complexity index is 268. The highest BCUT2D eigenvalue weighted by molar-refractivity contribution is 5.12. The summed E-state index contributed by atoms with van der Waals surface area (Å²) in [6.45, 7) is 5.73. The molecule has 2 saturated heterocycles. The molecule has 2 aliphatic rings. The maximum Gasteiger partial charge on any atom is 0.157 e. The quantitative estimate of drug-likeness (QED) is 0.581. The first-order chi connectivity index (χ1) is 7.59. The number of rotatable bonds is 4. The minimum Gasteiger partial charge on any atom is -0.390 e. The van der Waals surface area contributed by atoms with Crippen molar-refractivity contribution in [2.45, 2.75) is 56.4 Å². The fraction of sp³-hybridized carbons (Fsp3) is 0.833. The molecule has 0 spiro atoms. The van der Waals surface area contributed by atoms with E-state index in [0.717, 1.165) is 12.8 Å². The van der Waals surface area contributed by atoms with E-state index in [1.165, 1.54) is 0 Å². The van der Waals surface area contributed by atoms with Crippen molar-refractivity contribution in [3.8, 4) is 0 Å². The van der Waals surface area contributed by atoms with E-state index in [9.17, 15) is 5.11 Å². The van der Waals surface area contributed by atoms with Crippen LogP contribution in [-0.4, -0.2) is 42.4 Å². The van der Waals surface area contributed by atoms with Crippen molar-refractivity contribution in [2.75, 3.05) is 7.11 Å². The molecule has 0 aromatic carbocycles. The topological polar surface area (TPSA) is 51.2 Å². The summed E-state index contributed by atoms with van der Waals surface area (Å²) < 4.78 is 16.3. The summed E-state index contributed by atoms with van der Waals surface area (Å²) in [6, 6.07) is 0. The summed E-state index contributed by atoms with van der Waals surface area (Å²) in [6.07, 6.45) is 3.29.